The van der Waals surface area contributed by atoms with Gasteiger partial charge in [-0.3, -0.25) is 9.69 Å². The summed E-state index contributed by atoms with van der Waals surface area (Å²) >= 11 is 0. The summed E-state index contributed by atoms with van der Waals surface area (Å²) in [5, 5.41) is 0. The Labute approximate surface area is 209 Å². The van der Waals surface area contributed by atoms with E-state index in [1.807, 2.05) is 6.07 Å². The van der Waals surface area contributed by atoms with Crippen LogP contribution in [0.4, 0.5) is 5.69 Å². The maximum atomic E-state index is 13.2. The minimum Gasteiger partial charge on any atom is -0.462 e. The zero-order valence-corrected chi connectivity index (χ0v) is 21.4. The lowest BCUT2D eigenvalue weighted by Crippen LogP contribution is -2.21. The normalized spacial score (nSPS) is 12.0. The molecular formula is C28H35NO5S. The van der Waals surface area contributed by atoms with Crippen molar-refractivity contribution in [3.05, 3.63) is 83.9 Å². The van der Waals surface area contributed by atoms with Gasteiger partial charge in [0.1, 0.15) is 0 Å². The molecule has 0 aliphatic carbocycles. The summed E-state index contributed by atoms with van der Waals surface area (Å²) < 4.78 is 31.7. The van der Waals surface area contributed by atoms with Crippen molar-refractivity contribution < 1.29 is 22.7 Å². The fraction of sp³-hybridized carbons (Fsp3) is 0.357. The van der Waals surface area contributed by atoms with Crippen LogP contribution in [0.2, 0.25) is 0 Å². The van der Waals surface area contributed by atoms with E-state index in [2.05, 4.69) is 6.92 Å². The van der Waals surface area contributed by atoms with Gasteiger partial charge >= 0.3 is 5.97 Å². The standard InChI is InChI=1S/C28H35NO5S/c1-3-4-5-6-7-8-15-23-34-28(31)27(35(32,33)26-19-13-10-14-20-26)21-16-22-29(24(2)30)25-17-11-9-12-18-25/h9-14,16-22H,3-8,15,23H2,1-2H3. The first-order chi connectivity index (χ1) is 16.9. The number of sulfone groups is 1. The molecule has 0 aromatic heterocycles. The molecule has 188 valence electrons. The number of ether oxygens (including phenoxy) is 1. The van der Waals surface area contributed by atoms with Crippen molar-refractivity contribution in [3.8, 4) is 0 Å². The Bertz CT molecular complexity index is 1090. The van der Waals surface area contributed by atoms with Gasteiger partial charge in [-0.25, -0.2) is 13.2 Å². The number of rotatable bonds is 14. The third kappa shape index (κ3) is 9.17. The molecule has 0 aliphatic rings. The van der Waals surface area contributed by atoms with E-state index >= 15 is 0 Å². The van der Waals surface area contributed by atoms with Gasteiger partial charge in [0.05, 0.1) is 11.5 Å². The predicted octanol–water partition coefficient (Wildman–Crippen LogP) is 6.20. The van der Waals surface area contributed by atoms with Gasteiger partial charge < -0.3 is 4.74 Å². The first-order valence-corrected chi connectivity index (χ1v) is 13.6. The highest BCUT2D eigenvalue weighted by molar-refractivity contribution is 7.96. The quantitative estimate of drug-likeness (QED) is 0.134. The Kier molecular flexibility index (Phi) is 12.0. The summed E-state index contributed by atoms with van der Waals surface area (Å²) in [6.45, 7) is 3.73. The molecule has 35 heavy (non-hydrogen) atoms. The van der Waals surface area contributed by atoms with Gasteiger partial charge in [-0.1, -0.05) is 81.8 Å². The topological polar surface area (TPSA) is 80.8 Å². The number of hydrogen-bond donors (Lipinski definition) is 0. The predicted molar refractivity (Wildman–Crippen MR) is 139 cm³/mol. The Morgan fingerprint density at radius 1 is 0.857 bits per heavy atom. The van der Waals surface area contributed by atoms with Crippen molar-refractivity contribution in [2.24, 2.45) is 0 Å². The lowest BCUT2D eigenvalue weighted by molar-refractivity contribution is -0.138. The van der Waals surface area contributed by atoms with Gasteiger partial charge in [-0.15, -0.1) is 0 Å². The van der Waals surface area contributed by atoms with E-state index in [1.165, 1.54) is 61.6 Å². The van der Waals surface area contributed by atoms with E-state index in [0.717, 1.165) is 19.3 Å². The fourth-order valence-corrected chi connectivity index (χ4v) is 4.77. The largest absolute Gasteiger partial charge is 0.462 e. The van der Waals surface area contributed by atoms with Crippen LogP contribution in [0, 0.1) is 0 Å². The second kappa shape index (κ2) is 14.9. The number of allylic oxidation sites excluding steroid dienone is 2. The van der Waals surface area contributed by atoms with Crippen molar-refractivity contribution in [2.75, 3.05) is 11.5 Å². The number of anilines is 1. The number of benzene rings is 2. The minimum absolute atomic E-state index is 0.000919. The lowest BCUT2D eigenvalue weighted by Gasteiger charge is -2.16. The number of unbranched alkanes of at least 4 members (excludes halogenated alkanes) is 6. The Balaban J connectivity index is 2.18. The van der Waals surface area contributed by atoms with Crippen molar-refractivity contribution in [1.29, 1.82) is 0 Å². The molecule has 0 N–H and O–H groups in total. The van der Waals surface area contributed by atoms with Crippen molar-refractivity contribution >= 4 is 27.4 Å². The summed E-state index contributed by atoms with van der Waals surface area (Å²) in [5.74, 6) is -1.16. The van der Waals surface area contributed by atoms with E-state index in [9.17, 15) is 18.0 Å². The van der Waals surface area contributed by atoms with Gasteiger partial charge in [-0.05, 0) is 42.8 Å². The van der Waals surface area contributed by atoms with Crippen LogP contribution >= 0.6 is 0 Å². The highest BCUT2D eigenvalue weighted by Gasteiger charge is 2.27. The molecule has 2 aromatic carbocycles. The molecule has 0 saturated carbocycles. The monoisotopic (exact) mass is 497 g/mol. The number of nitrogens with zero attached hydrogens (tertiary/aromatic N) is 1. The lowest BCUT2D eigenvalue weighted by atomic mass is 10.1. The maximum Gasteiger partial charge on any atom is 0.350 e. The SMILES string of the molecule is CCCCCCCCCOC(=O)C(=CC=CN(C(C)=O)c1ccccc1)S(=O)(=O)c1ccccc1. The zero-order chi connectivity index (χ0) is 25.5. The number of para-hydroxylation sites is 1. The number of amides is 1. The summed E-state index contributed by atoms with van der Waals surface area (Å²) in [6, 6.07) is 16.7. The van der Waals surface area contributed by atoms with Gasteiger partial charge in [0.2, 0.25) is 15.7 Å². The molecule has 0 aliphatic heterocycles. The van der Waals surface area contributed by atoms with Gasteiger partial charge in [0.15, 0.2) is 4.91 Å². The van der Waals surface area contributed by atoms with Gasteiger partial charge in [0, 0.05) is 18.8 Å². The van der Waals surface area contributed by atoms with Crippen LogP contribution in [0.3, 0.4) is 0 Å². The minimum atomic E-state index is -4.11. The van der Waals surface area contributed by atoms with Gasteiger partial charge in [-0.2, -0.15) is 0 Å². The zero-order valence-electron chi connectivity index (χ0n) is 20.6. The molecule has 2 aromatic rings. The first-order valence-electron chi connectivity index (χ1n) is 12.1. The number of esters is 1. The molecule has 6 nitrogen and oxygen atoms in total. The summed E-state index contributed by atoms with van der Waals surface area (Å²) in [6.07, 6.45) is 11.4. The molecule has 0 spiro atoms. The number of hydrogen-bond acceptors (Lipinski definition) is 5. The third-order valence-electron chi connectivity index (χ3n) is 5.38. The van der Waals surface area contributed by atoms with E-state index in [0.29, 0.717) is 12.1 Å². The van der Waals surface area contributed by atoms with Crippen LogP contribution in [-0.2, 0) is 24.2 Å². The van der Waals surface area contributed by atoms with Gasteiger partial charge in [0.25, 0.3) is 0 Å². The molecule has 0 atom stereocenters. The van der Waals surface area contributed by atoms with E-state index in [1.54, 1.807) is 42.5 Å². The second-order valence-electron chi connectivity index (χ2n) is 8.17. The van der Waals surface area contributed by atoms with Crippen LogP contribution in [0.5, 0.6) is 0 Å². The summed E-state index contributed by atoms with van der Waals surface area (Å²) in [5.41, 5.74) is 0.624. The third-order valence-corrected chi connectivity index (χ3v) is 7.16. The molecule has 0 saturated heterocycles. The highest BCUT2D eigenvalue weighted by Crippen LogP contribution is 2.21. The van der Waals surface area contributed by atoms with E-state index in [4.69, 9.17) is 4.74 Å². The van der Waals surface area contributed by atoms with Crippen LogP contribution in [-0.4, -0.2) is 26.9 Å². The van der Waals surface area contributed by atoms with E-state index < -0.39 is 20.7 Å². The molecule has 0 radical (unpaired) electrons. The Morgan fingerprint density at radius 3 is 2.03 bits per heavy atom. The summed E-state index contributed by atoms with van der Waals surface area (Å²) in [4.78, 5) is 25.8. The maximum absolute atomic E-state index is 13.2. The molecular weight excluding hydrogens is 462 g/mol. The molecule has 7 heteroatoms. The van der Waals surface area contributed by atoms with Crippen molar-refractivity contribution in [1.82, 2.24) is 0 Å². The van der Waals surface area contributed by atoms with Crippen LogP contribution in [0.1, 0.15) is 58.8 Å². The van der Waals surface area contributed by atoms with Crippen LogP contribution < -0.4 is 4.90 Å². The highest BCUT2D eigenvalue weighted by atomic mass is 32.2. The fourth-order valence-electron chi connectivity index (χ4n) is 3.47. The molecule has 0 unspecified atom stereocenters. The Morgan fingerprint density at radius 2 is 1.43 bits per heavy atom. The summed E-state index contributed by atoms with van der Waals surface area (Å²) in [7, 11) is -4.11. The molecule has 0 fully saturated rings. The average molecular weight is 498 g/mol. The number of carbonyl (C=O) groups is 2. The Hall–Kier alpha value is -3.19. The van der Waals surface area contributed by atoms with E-state index in [-0.39, 0.29) is 17.4 Å². The molecule has 0 heterocycles. The molecule has 2 rings (SSSR count). The molecule has 0 bridgehead atoms. The average Bonchev–Trinajstić information content (AvgIpc) is 2.86. The van der Waals surface area contributed by atoms with Crippen LogP contribution in [0.15, 0.2) is 88.8 Å². The molecule has 1 amide bonds. The van der Waals surface area contributed by atoms with Crippen molar-refractivity contribution in [2.45, 2.75) is 63.7 Å². The smallest absolute Gasteiger partial charge is 0.350 e. The number of carbonyl (C=O) groups excluding carboxylic acids is 2. The van der Waals surface area contributed by atoms with Crippen molar-refractivity contribution in [3.63, 3.8) is 0 Å². The van der Waals surface area contributed by atoms with Crippen LogP contribution in [0.25, 0.3) is 0 Å². The second-order valence-corrected chi connectivity index (χ2v) is 10.1. The first kappa shape index (κ1) is 28.1.